The van der Waals surface area contributed by atoms with Gasteiger partial charge in [-0.05, 0) is 38.4 Å². The van der Waals surface area contributed by atoms with E-state index in [1.807, 2.05) is 0 Å². The molecule has 1 aromatic rings. The molecule has 0 heterocycles. The third-order valence-electron chi connectivity index (χ3n) is 4.04. The van der Waals surface area contributed by atoms with E-state index in [0.717, 1.165) is 38.0 Å². The van der Waals surface area contributed by atoms with Gasteiger partial charge in [0.1, 0.15) is 12.4 Å². The lowest BCUT2D eigenvalue weighted by Crippen LogP contribution is -2.31. The molecule has 0 amide bonds. The van der Waals surface area contributed by atoms with Crippen LogP contribution in [0.1, 0.15) is 45.1 Å². The molecule has 0 aliphatic heterocycles. The van der Waals surface area contributed by atoms with E-state index < -0.39 is 0 Å². The fourth-order valence-corrected chi connectivity index (χ4v) is 2.60. The molecule has 1 fully saturated rings. The number of hydrogen-bond donors (Lipinski definition) is 1. The number of benzene rings is 1. The number of ether oxygens (including phenoxy) is 1. The third kappa shape index (κ3) is 5.68. The highest BCUT2D eigenvalue weighted by atomic mass is 16.5. The van der Waals surface area contributed by atoms with Gasteiger partial charge in [-0.25, -0.2) is 0 Å². The summed E-state index contributed by atoms with van der Waals surface area (Å²) in [4.78, 5) is 2.61. The zero-order chi connectivity index (χ0) is 14.9. The summed E-state index contributed by atoms with van der Waals surface area (Å²) >= 11 is 0. The summed E-state index contributed by atoms with van der Waals surface area (Å²) in [6, 6.07) is 9.20. The zero-order valence-electron chi connectivity index (χ0n) is 13.6. The van der Waals surface area contributed by atoms with E-state index in [2.05, 4.69) is 48.3 Å². The molecule has 1 aromatic carbocycles. The zero-order valence-corrected chi connectivity index (χ0v) is 13.6. The predicted octanol–water partition coefficient (Wildman–Crippen LogP) is 3.44. The van der Waals surface area contributed by atoms with Crippen molar-refractivity contribution in [3.8, 4) is 5.75 Å². The van der Waals surface area contributed by atoms with Crippen molar-refractivity contribution < 1.29 is 4.74 Å². The maximum Gasteiger partial charge on any atom is 0.123 e. The number of rotatable bonds is 11. The van der Waals surface area contributed by atoms with E-state index in [1.165, 1.54) is 37.8 Å². The predicted molar refractivity (Wildman–Crippen MR) is 88.8 cm³/mol. The highest BCUT2D eigenvalue weighted by molar-refractivity contribution is 5.33. The molecule has 0 aromatic heterocycles. The van der Waals surface area contributed by atoms with E-state index in [0.29, 0.717) is 0 Å². The highest BCUT2D eigenvalue weighted by Gasteiger charge is 2.28. The van der Waals surface area contributed by atoms with E-state index in [4.69, 9.17) is 4.74 Å². The van der Waals surface area contributed by atoms with Gasteiger partial charge in [-0.3, -0.25) is 4.90 Å². The lowest BCUT2D eigenvalue weighted by atomic mass is 10.2. The minimum atomic E-state index is 0.795. The van der Waals surface area contributed by atoms with Gasteiger partial charge < -0.3 is 10.1 Å². The Balaban J connectivity index is 1.78. The summed E-state index contributed by atoms with van der Waals surface area (Å²) in [6.07, 6.45) is 5.32. The van der Waals surface area contributed by atoms with Crippen molar-refractivity contribution in [2.24, 2.45) is 0 Å². The molecule has 0 radical (unpaired) electrons. The SMILES string of the molecule is CCCCN(CCOc1ccccc1CNCC)C1CC1. The van der Waals surface area contributed by atoms with Crippen molar-refractivity contribution in [1.82, 2.24) is 10.2 Å². The van der Waals surface area contributed by atoms with E-state index >= 15 is 0 Å². The number of hydrogen-bond acceptors (Lipinski definition) is 3. The highest BCUT2D eigenvalue weighted by Crippen LogP contribution is 2.27. The molecule has 0 saturated heterocycles. The second-order valence-corrected chi connectivity index (χ2v) is 5.86. The standard InChI is InChI=1S/C18H30N2O/c1-3-5-12-20(17-10-11-17)13-14-21-18-9-7-6-8-16(18)15-19-4-2/h6-9,17,19H,3-5,10-15H2,1-2H3. The fraction of sp³-hybridized carbons (Fsp3) is 0.667. The van der Waals surface area contributed by atoms with Gasteiger partial charge in [0.05, 0.1) is 0 Å². The van der Waals surface area contributed by atoms with Crippen LogP contribution in [0.25, 0.3) is 0 Å². The van der Waals surface area contributed by atoms with Crippen molar-refractivity contribution >= 4 is 0 Å². The quantitative estimate of drug-likeness (QED) is 0.675. The van der Waals surface area contributed by atoms with Gasteiger partial charge in [-0.1, -0.05) is 38.5 Å². The van der Waals surface area contributed by atoms with Crippen LogP contribution in [0.5, 0.6) is 5.75 Å². The van der Waals surface area contributed by atoms with Gasteiger partial charge in [-0.2, -0.15) is 0 Å². The van der Waals surface area contributed by atoms with Crippen LogP contribution in [-0.4, -0.2) is 37.2 Å². The lowest BCUT2D eigenvalue weighted by molar-refractivity contribution is 0.198. The number of nitrogens with one attached hydrogen (secondary N) is 1. The van der Waals surface area contributed by atoms with E-state index in [-0.39, 0.29) is 0 Å². The molecular weight excluding hydrogens is 260 g/mol. The van der Waals surface area contributed by atoms with Gasteiger partial charge in [0.2, 0.25) is 0 Å². The third-order valence-corrected chi connectivity index (χ3v) is 4.04. The Morgan fingerprint density at radius 2 is 2.00 bits per heavy atom. The van der Waals surface area contributed by atoms with Crippen molar-refractivity contribution in [1.29, 1.82) is 0 Å². The Kier molecular flexibility index (Phi) is 7.04. The Labute approximate surface area is 129 Å². The molecule has 3 nitrogen and oxygen atoms in total. The smallest absolute Gasteiger partial charge is 0.123 e. The van der Waals surface area contributed by atoms with Crippen LogP contribution in [0, 0.1) is 0 Å². The van der Waals surface area contributed by atoms with Gasteiger partial charge in [-0.15, -0.1) is 0 Å². The summed E-state index contributed by atoms with van der Waals surface area (Å²) in [7, 11) is 0. The molecule has 3 heteroatoms. The lowest BCUT2D eigenvalue weighted by Gasteiger charge is -2.22. The molecule has 0 spiro atoms. The summed E-state index contributed by atoms with van der Waals surface area (Å²) < 4.78 is 6.04. The summed E-state index contributed by atoms with van der Waals surface area (Å²) in [5.74, 6) is 1.03. The van der Waals surface area contributed by atoms with Gasteiger partial charge in [0, 0.05) is 24.7 Å². The summed E-state index contributed by atoms with van der Waals surface area (Å²) in [6.45, 7) is 9.34. The number of unbranched alkanes of at least 4 members (excludes halogenated alkanes) is 1. The van der Waals surface area contributed by atoms with Crippen LogP contribution in [0.15, 0.2) is 24.3 Å². The van der Waals surface area contributed by atoms with Gasteiger partial charge >= 0.3 is 0 Å². The molecular formula is C18H30N2O. The molecule has 1 aliphatic carbocycles. The fourth-order valence-electron chi connectivity index (χ4n) is 2.60. The summed E-state index contributed by atoms with van der Waals surface area (Å²) in [5, 5.41) is 3.37. The average molecular weight is 290 g/mol. The first kappa shape index (κ1) is 16.3. The monoisotopic (exact) mass is 290 g/mol. The Morgan fingerprint density at radius 1 is 1.19 bits per heavy atom. The van der Waals surface area contributed by atoms with E-state index in [1.54, 1.807) is 0 Å². The van der Waals surface area contributed by atoms with Crippen LogP contribution >= 0.6 is 0 Å². The Bertz CT molecular complexity index is 404. The molecule has 2 rings (SSSR count). The van der Waals surface area contributed by atoms with Crippen LogP contribution < -0.4 is 10.1 Å². The second-order valence-electron chi connectivity index (χ2n) is 5.86. The number of nitrogens with zero attached hydrogens (tertiary/aromatic N) is 1. The normalized spacial score (nSPS) is 14.6. The maximum atomic E-state index is 6.04. The summed E-state index contributed by atoms with van der Waals surface area (Å²) in [5.41, 5.74) is 1.26. The molecule has 1 saturated carbocycles. The van der Waals surface area contributed by atoms with Crippen molar-refractivity contribution in [2.75, 3.05) is 26.2 Å². The molecule has 1 aliphatic rings. The van der Waals surface area contributed by atoms with Crippen LogP contribution in [0.4, 0.5) is 0 Å². The van der Waals surface area contributed by atoms with Gasteiger partial charge in [0.15, 0.2) is 0 Å². The maximum absolute atomic E-state index is 6.04. The van der Waals surface area contributed by atoms with Crippen molar-refractivity contribution in [3.05, 3.63) is 29.8 Å². The topological polar surface area (TPSA) is 24.5 Å². The molecule has 1 N–H and O–H groups in total. The van der Waals surface area contributed by atoms with Crippen molar-refractivity contribution in [3.63, 3.8) is 0 Å². The molecule has 21 heavy (non-hydrogen) atoms. The largest absolute Gasteiger partial charge is 0.492 e. The van der Waals surface area contributed by atoms with Crippen LogP contribution in [-0.2, 0) is 6.54 Å². The van der Waals surface area contributed by atoms with Crippen LogP contribution in [0.3, 0.4) is 0 Å². The first-order valence-electron chi connectivity index (χ1n) is 8.50. The molecule has 118 valence electrons. The minimum Gasteiger partial charge on any atom is -0.492 e. The second kappa shape index (κ2) is 9.06. The van der Waals surface area contributed by atoms with E-state index in [9.17, 15) is 0 Å². The Hall–Kier alpha value is -1.06. The first-order valence-corrected chi connectivity index (χ1v) is 8.50. The van der Waals surface area contributed by atoms with Gasteiger partial charge in [0.25, 0.3) is 0 Å². The van der Waals surface area contributed by atoms with Crippen LogP contribution in [0.2, 0.25) is 0 Å². The Morgan fingerprint density at radius 3 is 2.71 bits per heavy atom. The molecule has 0 atom stereocenters. The average Bonchev–Trinajstić information content (AvgIpc) is 3.34. The number of para-hydroxylation sites is 1. The first-order chi connectivity index (χ1) is 10.3. The van der Waals surface area contributed by atoms with Crippen molar-refractivity contribution in [2.45, 2.75) is 52.1 Å². The minimum absolute atomic E-state index is 0.795. The molecule has 0 bridgehead atoms. The molecule has 0 unspecified atom stereocenters.